The molecule has 1 saturated heterocycles. The van der Waals surface area contributed by atoms with Gasteiger partial charge in [-0.05, 0) is 0 Å². The highest BCUT2D eigenvalue weighted by Crippen LogP contribution is 2.29. The molecular weight excluding hydrogens is 225 g/mol. The average molecular weight is 234 g/mol. The lowest BCUT2D eigenvalue weighted by atomic mass is 10.1. The molecule has 2 amide bonds. The Morgan fingerprint density at radius 1 is 1.56 bits per heavy atom. The van der Waals surface area contributed by atoms with Crippen molar-refractivity contribution >= 4 is 11.8 Å². The van der Waals surface area contributed by atoms with Gasteiger partial charge in [0.05, 0.1) is 12.6 Å². The number of alkyl halides is 3. The first kappa shape index (κ1) is 12.5. The Kier molecular flexibility index (Phi) is 3.21. The van der Waals surface area contributed by atoms with E-state index in [1.165, 1.54) is 6.92 Å². The van der Waals surface area contributed by atoms with Crippen LogP contribution in [0.5, 0.6) is 0 Å². The summed E-state index contributed by atoms with van der Waals surface area (Å²) < 4.78 is 36.8. The van der Waals surface area contributed by atoms with Gasteiger partial charge in [0.15, 0.2) is 5.92 Å². The van der Waals surface area contributed by atoms with E-state index in [2.05, 4.69) is 0 Å². The zero-order valence-corrected chi connectivity index (χ0v) is 8.41. The van der Waals surface area contributed by atoms with Crippen LogP contribution in [-0.4, -0.2) is 29.4 Å². The maximum absolute atomic E-state index is 12.3. The number of nitrogens with zero attached hydrogens (tertiary/aromatic N) is 2. The molecule has 4 nitrogen and oxygen atoms in total. The van der Waals surface area contributed by atoms with Crippen LogP contribution in [0.2, 0.25) is 0 Å². The molecule has 7 heteroatoms. The fourth-order valence-electron chi connectivity index (χ4n) is 1.44. The number of rotatable bonds is 2. The number of likely N-dealkylation sites (tertiary alicyclic amines) is 1. The summed E-state index contributed by atoms with van der Waals surface area (Å²) in [5.74, 6) is -4.21. The van der Waals surface area contributed by atoms with Crippen molar-refractivity contribution in [2.75, 3.05) is 6.54 Å². The first-order valence-electron chi connectivity index (χ1n) is 4.58. The third-order valence-electron chi connectivity index (χ3n) is 2.39. The van der Waals surface area contributed by atoms with Gasteiger partial charge >= 0.3 is 6.18 Å². The number of amides is 2. The van der Waals surface area contributed by atoms with E-state index in [0.717, 1.165) is 6.07 Å². The Hall–Kier alpha value is -1.58. The first-order valence-corrected chi connectivity index (χ1v) is 4.58. The Labute approximate surface area is 89.6 Å². The minimum atomic E-state index is -4.72. The van der Waals surface area contributed by atoms with E-state index in [1.54, 1.807) is 0 Å². The highest BCUT2D eigenvalue weighted by Gasteiger charge is 2.45. The number of hydrogen-bond donors (Lipinski definition) is 0. The lowest BCUT2D eigenvalue weighted by Gasteiger charge is -2.19. The highest BCUT2D eigenvalue weighted by atomic mass is 19.4. The number of nitriles is 1. The maximum atomic E-state index is 12.3. The SMILES string of the molecule is CC1CC(=O)N(CC(C#N)C(F)(F)F)C1=O. The van der Waals surface area contributed by atoms with Gasteiger partial charge in [-0.3, -0.25) is 14.5 Å². The standard InChI is InChI=1S/C9H9F3N2O2/c1-5-2-7(15)14(8(5)16)4-6(3-13)9(10,11)12/h5-6H,2,4H2,1H3. The predicted octanol–water partition coefficient (Wildman–Crippen LogP) is 1.08. The topological polar surface area (TPSA) is 61.2 Å². The van der Waals surface area contributed by atoms with Crippen LogP contribution in [0.4, 0.5) is 13.2 Å². The van der Waals surface area contributed by atoms with Crippen molar-refractivity contribution in [2.45, 2.75) is 19.5 Å². The third kappa shape index (κ3) is 2.32. The lowest BCUT2D eigenvalue weighted by molar-refractivity contribution is -0.166. The van der Waals surface area contributed by atoms with Crippen LogP contribution in [0.3, 0.4) is 0 Å². The lowest BCUT2D eigenvalue weighted by Crippen LogP contribution is -2.39. The molecule has 1 aliphatic rings. The number of imide groups is 1. The Bertz CT molecular complexity index is 359. The van der Waals surface area contributed by atoms with E-state index in [4.69, 9.17) is 5.26 Å². The molecule has 0 saturated carbocycles. The van der Waals surface area contributed by atoms with E-state index in [0.29, 0.717) is 4.90 Å². The summed E-state index contributed by atoms with van der Waals surface area (Å²) >= 11 is 0. The van der Waals surface area contributed by atoms with Gasteiger partial charge in [-0.2, -0.15) is 18.4 Å². The molecule has 0 spiro atoms. The van der Waals surface area contributed by atoms with Crippen LogP contribution in [0.1, 0.15) is 13.3 Å². The summed E-state index contributed by atoms with van der Waals surface area (Å²) in [4.78, 5) is 23.0. The first-order chi connectivity index (χ1) is 7.27. The minimum Gasteiger partial charge on any atom is -0.281 e. The molecule has 1 fully saturated rings. The zero-order chi connectivity index (χ0) is 12.5. The Morgan fingerprint density at radius 3 is 2.44 bits per heavy atom. The molecule has 0 bridgehead atoms. The Balaban J connectivity index is 2.78. The summed E-state index contributed by atoms with van der Waals surface area (Å²) in [5.41, 5.74) is 0. The quantitative estimate of drug-likeness (QED) is 0.672. The van der Waals surface area contributed by atoms with Crippen molar-refractivity contribution in [1.82, 2.24) is 4.90 Å². The Morgan fingerprint density at radius 2 is 2.12 bits per heavy atom. The second-order valence-electron chi connectivity index (χ2n) is 3.67. The fraction of sp³-hybridized carbons (Fsp3) is 0.667. The molecule has 0 N–H and O–H groups in total. The zero-order valence-electron chi connectivity index (χ0n) is 8.41. The van der Waals surface area contributed by atoms with Gasteiger partial charge in [-0.15, -0.1) is 0 Å². The van der Waals surface area contributed by atoms with Crippen LogP contribution >= 0.6 is 0 Å². The van der Waals surface area contributed by atoms with E-state index >= 15 is 0 Å². The van der Waals surface area contributed by atoms with Gasteiger partial charge in [-0.1, -0.05) is 6.92 Å². The molecule has 1 rings (SSSR count). The number of carbonyl (C=O) groups is 2. The van der Waals surface area contributed by atoms with Gasteiger partial charge in [0.1, 0.15) is 0 Å². The van der Waals surface area contributed by atoms with E-state index < -0.39 is 36.4 Å². The second-order valence-corrected chi connectivity index (χ2v) is 3.67. The maximum Gasteiger partial charge on any atom is 0.406 e. The van der Waals surface area contributed by atoms with Crippen molar-refractivity contribution in [3.05, 3.63) is 0 Å². The molecule has 0 aliphatic carbocycles. The molecule has 88 valence electrons. The summed E-state index contributed by atoms with van der Waals surface area (Å²) in [6.45, 7) is 0.567. The summed E-state index contributed by atoms with van der Waals surface area (Å²) in [6, 6.07) is 1.05. The fourth-order valence-corrected chi connectivity index (χ4v) is 1.44. The largest absolute Gasteiger partial charge is 0.406 e. The van der Waals surface area contributed by atoms with Crippen molar-refractivity contribution in [3.63, 3.8) is 0 Å². The number of carbonyl (C=O) groups excluding carboxylic acids is 2. The molecule has 0 radical (unpaired) electrons. The van der Waals surface area contributed by atoms with Crippen LogP contribution in [0, 0.1) is 23.2 Å². The number of halogens is 3. The summed E-state index contributed by atoms with van der Waals surface area (Å²) in [6.07, 6.45) is -4.81. The van der Waals surface area contributed by atoms with Gasteiger partial charge in [0.25, 0.3) is 0 Å². The molecule has 0 aromatic carbocycles. The average Bonchev–Trinajstić information content (AvgIpc) is 2.37. The molecule has 1 heterocycles. The predicted molar refractivity (Wildman–Crippen MR) is 45.7 cm³/mol. The third-order valence-corrected chi connectivity index (χ3v) is 2.39. The smallest absolute Gasteiger partial charge is 0.281 e. The van der Waals surface area contributed by atoms with Crippen LogP contribution in [0.25, 0.3) is 0 Å². The van der Waals surface area contributed by atoms with E-state index in [-0.39, 0.29) is 6.42 Å². The van der Waals surface area contributed by atoms with Gasteiger partial charge in [0, 0.05) is 12.3 Å². The van der Waals surface area contributed by atoms with Crippen molar-refractivity contribution < 1.29 is 22.8 Å². The van der Waals surface area contributed by atoms with Crippen LogP contribution < -0.4 is 0 Å². The second kappa shape index (κ2) is 4.12. The normalized spacial score (nSPS) is 23.4. The van der Waals surface area contributed by atoms with Crippen molar-refractivity contribution in [1.29, 1.82) is 5.26 Å². The monoisotopic (exact) mass is 234 g/mol. The van der Waals surface area contributed by atoms with Crippen LogP contribution in [-0.2, 0) is 9.59 Å². The van der Waals surface area contributed by atoms with Crippen molar-refractivity contribution in [2.24, 2.45) is 11.8 Å². The van der Waals surface area contributed by atoms with Gasteiger partial charge in [-0.25, -0.2) is 0 Å². The van der Waals surface area contributed by atoms with E-state index in [9.17, 15) is 22.8 Å². The van der Waals surface area contributed by atoms with Crippen LogP contribution in [0.15, 0.2) is 0 Å². The minimum absolute atomic E-state index is 0.0885. The van der Waals surface area contributed by atoms with Gasteiger partial charge in [0.2, 0.25) is 11.8 Å². The molecule has 2 atom stereocenters. The molecule has 0 aromatic heterocycles. The highest BCUT2D eigenvalue weighted by molar-refractivity contribution is 6.03. The molecular formula is C9H9F3N2O2. The van der Waals surface area contributed by atoms with Gasteiger partial charge < -0.3 is 0 Å². The van der Waals surface area contributed by atoms with Crippen molar-refractivity contribution in [3.8, 4) is 6.07 Å². The molecule has 2 unspecified atom stereocenters. The van der Waals surface area contributed by atoms with E-state index in [1.807, 2.05) is 0 Å². The number of hydrogen-bond acceptors (Lipinski definition) is 3. The molecule has 1 aliphatic heterocycles. The summed E-state index contributed by atoms with van der Waals surface area (Å²) in [7, 11) is 0. The summed E-state index contributed by atoms with van der Waals surface area (Å²) in [5, 5.41) is 8.34. The molecule has 0 aromatic rings. The molecule has 16 heavy (non-hydrogen) atoms.